The molecule has 172 valence electrons. The molecule has 0 radical (unpaired) electrons. The maximum absolute atomic E-state index is 11.2. The Hall–Kier alpha value is -2.09. The fourth-order valence-corrected chi connectivity index (χ4v) is 3.18. The molecule has 3 N–H and O–H groups in total. The summed E-state index contributed by atoms with van der Waals surface area (Å²) in [6.07, 6.45) is -1.18. The van der Waals surface area contributed by atoms with E-state index in [2.05, 4.69) is 20.8 Å². The number of carbonyl (C=O) groups is 1. The van der Waals surface area contributed by atoms with Crippen LogP contribution in [0.15, 0.2) is 29.4 Å². The lowest BCUT2D eigenvalue weighted by Crippen LogP contribution is -2.20. The number of nitrogens with zero attached hydrogens (tertiary/aromatic N) is 4. The van der Waals surface area contributed by atoms with Crippen LogP contribution in [-0.2, 0) is 19.0 Å². The number of aromatic nitrogens is 4. The number of thioether (sulfide) groups is 1. The van der Waals surface area contributed by atoms with Crippen LogP contribution in [-0.4, -0.2) is 93.9 Å². The molecule has 1 amide bonds. The molecule has 2 rings (SSSR count). The van der Waals surface area contributed by atoms with Crippen LogP contribution in [0.2, 0.25) is 0 Å². The van der Waals surface area contributed by atoms with E-state index in [1.54, 1.807) is 25.1 Å². The predicted molar refractivity (Wildman–Crippen MR) is 114 cm³/mol. The maximum Gasteiger partial charge on any atom is 0.221 e. The van der Waals surface area contributed by atoms with E-state index in [0.29, 0.717) is 48.7 Å². The van der Waals surface area contributed by atoms with E-state index in [4.69, 9.17) is 19.3 Å². The Labute approximate surface area is 185 Å². The molecule has 0 aliphatic carbocycles. The molecule has 2 aromatic rings. The lowest BCUT2D eigenvalue weighted by Gasteiger charge is -2.12. The van der Waals surface area contributed by atoms with Gasteiger partial charge in [-0.2, -0.15) is 4.68 Å². The van der Waals surface area contributed by atoms with Crippen LogP contribution in [0, 0.1) is 0 Å². The Bertz CT molecular complexity index is 791. The van der Waals surface area contributed by atoms with Crippen molar-refractivity contribution in [2.75, 3.05) is 50.7 Å². The molecule has 12 heteroatoms. The third-order valence-corrected chi connectivity index (χ3v) is 4.73. The molecular formula is C19H29N5O6S. The SMILES string of the molecule is CC(=O)Nc1cccc(-n2nnnc2SCC(O)COCCOCCOCC(C)O)c1. The third-order valence-electron chi connectivity index (χ3n) is 3.67. The highest BCUT2D eigenvalue weighted by atomic mass is 32.2. The quantitative estimate of drug-likeness (QED) is 0.257. The van der Waals surface area contributed by atoms with Crippen LogP contribution in [0.25, 0.3) is 5.69 Å². The Morgan fingerprint density at radius 2 is 1.87 bits per heavy atom. The van der Waals surface area contributed by atoms with E-state index >= 15 is 0 Å². The largest absolute Gasteiger partial charge is 0.391 e. The van der Waals surface area contributed by atoms with Crippen molar-refractivity contribution in [3.63, 3.8) is 0 Å². The molecular weight excluding hydrogens is 426 g/mol. The third kappa shape index (κ3) is 10.2. The summed E-state index contributed by atoms with van der Waals surface area (Å²) in [5.74, 6) is 0.182. The van der Waals surface area contributed by atoms with Crippen LogP contribution in [0.4, 0.5) is 5.69 Å². The van der Waals surface area contributed by atoms with Gasteiger partial charge in [-0.25, -0.2) is 0 Å². The van der Waals surface area contributed by atoms with Crippen molar-refractivity contribution >= 4 is 23.4 Å². The number of tetrazole rings is 1. The molecule has 2 unspecified atom stereocenters. The van der Waals surface area contributed by atoms with Gasteiger partial charge in [0.05, 0.1) is 57.5 Å². The molecule has 0 bridgehead atoms. The molecule has 1 heterocycles. The van der Waals surface area contributed by atoms with Crippen molar-refractivity contribution in [3.8, 4) is 5.69 Å². The summed E-state index contributed by atoms with van der Waals surface area (Å²) in [5, 5.41) is 34.1. The lowest BCUT2D eigenvalue weighted by molar-refractivity contribution is -0.114. The zero-order valence-electron chi connectivity index (χ0n) is 17.6. The van der Waals surface area contributed by atoms with Gasteiger partial charge >= 0.3 is 0 Å². The van der Waals surface area contributed by atoms with Gasteiger partial charge in [0.2, 0.25) is 11.1 Å². The van der Waals surface area contributed by atoms with Crippen molar-refractivity contribution in [2.45, 2.75) is 31.2 Å². The Morgan fingerprint density at radius 3 is 2.58 bits per heavy atom. The zero-order chi connectivity index (χ0) is 22.5. The van der Waals surface area contributed by atoms with Gasteiger partial charge in [0, 0.05) is 18.4 Å². The molecule has 0 aliphatic rings. The zero-order valence-corrected chi connectivity index (χ0v) is 18.5. The standard InChI is InChI=1S/C19H29N5O6S/c1-14(25)11-29-8-6-28-7-9-30-12-18(27)13-31-19-21-22-23-24(19)17-5-3-4-16(10-17)20-15(2)26/h3-5,10,14,18,25,27H,6-9,11-13H2,1-2H3,(H,20,26). The predicted octanol–water partition coefficient (Wildman–Crippen LogP) is 0.504. The number of nitrogens with one attached hydrogen (secondary N) is 1. The fraction of sp³-hybridized carbons (Fsp3) is 0.579. The number of rotatable bonds is 15. The number of hydrogen-bond donors (Lipinski definition) is 3. The number of anilines is 1. The number of aliphatic hydroxyl groups excluding tert-OH is 2. The number of carbonyl (C=O) groups excluding carboxylic acids is 1. The van der Waals surface area contributed by atoms with E-state index in [1.165, 1.54) is 23.4 Å². The summed E-state index contributed by atoms with van der Waals surface area (Å²) >= 11 is 1.30. The smallest absolute Gasteiger partial charge is 0.221 e. The summed E-state index contributed by atoms with van der Waals surface area (Å²) in [6, 6.07) is 7.15. The summed E-state index contributed by atoms with van der Waals surface area (Å²) in [4.78, 5) is 11.2. The molecule has 2 atom stereocenters. The van der Waals surface area contributed by atoms with Crippen molar-refractivity contribution in [1.82, 2.24) is 20.2 Å². The highest BCUT2D eigenvalue weighted by molar-refractivity contribution is 7.99. The first kappa shape index (κ1) is 25.2. The van der Waals surface area contributed by atoms with E-state index in [0.717, 1.165) is 0 Å². The topological polar surface area (TPSA) is 141 Å². The molecule has 0 saturated heterocycles. The van der Waals surface area contributed by atoms with Crippen LogP contribution in [0.1, 0.15) is 13.8 Å². The first-order chi connectivity index (χ1) is 15.0. The molecule has 0 fully saturated rings. The maximum atomic E-state index is 11.2. The van der Waals surface area contributed by atoms with Crippen LogP contribution in [0.5, 0.6) is 0 Å². The summed E-state index contributed by atoms with van der Waals surface area (Å²) in [5.41, 5.74) is 1.33. The average Bonchev–Trinajstić information content (AvgIpc) is 3.19. The van der Waals surface area contributed by atoms with Gasteiger partial charge in [-0.1, -0.05) is 17.8 Å². The van der Waals surface area contributed by atoms with Crippen molar-refractivity contribution in [2.24, 2.45) is 0 Å². The van der Waals surface area contributed by atoms with Crippen LogP contribution >= 0.6 is 11.8 Å². The fourth-order valence-electron chi connectivity index (χ4n) is 2.38. The number of amides is 1. The van der Waals surface area contributed by atoms with Gasteiger partial charge in [-0.3, -0.25) is 4.79 Å². The van der Waals surface area contributed by atoms with Gasteiger partial charge in [0.25, 0.3) is 0 Å². The molecule has 31 heavy (non-hydrogen) atoms. The summed E-state index contributed by atoms with van der Waals surface area (Å²) in [7, 11) is 0. The minimum Gasteiger partial charge on any atom is -0.391 e. The Balaban J connectivity index is 1.66. The number of ether oxygens (including phenoxy) is 3. The normalized spacial score (nSPS) is 13.2. The van der Waals surface area contributed by atoms with Gasteiger partial charge < -0.3 is 29.7 Å². The summed E-state index contributed by atoms with van der Waals surface area (Å²) in [6.45, 7) is 5.11. The second-order valence-electron chi connectivity index (χ2n) is 6.68. The van der Waals surface area contributed by atoms with Crippen LogP contribution < -0.4 is 5.32 Å². The second kappa shape index (κ2) is 14.1. The second-order valence-corrected chi connectivity index (χ2v) is 7.67. The molecule has 1 aromatic heterocycles. The van der Waals surface area contributed by atoms with Gasteiger partial charge in [-0.05, 0) is 35.5 Å². The first-order valence-corrected chi connectivity index (χ1v) is 10.8. The first-order valence-electron chi connectivity index (χ1n) is 9.84. The lowest BCUT2D eigenvalue weighted by atomic mass is 10.3. The van der Waals surface area contributed by atoms with Crippen molar-refractivity contribution < 1.29 is 29.2 Å². The number of hydrogen-bond acceptors (Lipinski definition) is 10. The highest BCUT2D eigenvalue weighted by Crippen LogP contribution is 2.21. The molecule has 0 aliphatic heterocycles. The van der Waals surface area contributed by atoms with E-state index < -0.39 is 12.2 Å². The Morgan fingerprint density at radius 1 is 1.16 bits per heavy atom. The minimum absolute atomic E-state index is 0.161. The molecule has 1 aromatic carbocycles. The molecule has 0 saturated carbocycles. The summed E-state index contributed by atoms with van der Waals surface area (Å²) < 4.78 is 17.5. The minimum atomic E-state index is -0.699. The van der Waals surface area contributed by atoms with E-state index in [1.807, 2.05) is 6.07 Å². The average molecular weight is 456 g/mol. The van der Waals surface area contributed by atoms with Gasteiger partial charge in [0.15, 0.2) is 0 Å². The monoisotopic (exact) mass is 455 g/mol. The van der Waals surface area contributed by atoms with Crippen LogP contribution in [0.3, 0.4) is 0 Å². The highest BCUT2D eigenvalue weighted by Gasteiger charge is 2.13. The van der Waals surface area contributed by atoms with Gasteiger partial charge in [-0.15, -0.1) is 5.10 Å². The number of aliphatic hydroxyl groups is 2. The molecule has 11 nitrogen and oxygen atoms in total. The van der Waals surface area contributed by atoms with Crippen molar-refractivity contribution in [3.05, 3.63) is 24.3 Å². The van der Waals surface area contributed by atoms with Gasteiger partial charge in [0.1, 0.15) is 0 Å². The molecule has 0 spiro atoms. The van der Waals surface area contributed by atoms with E-state index in [9.17, 15) is 9.90 Å². The van der Waals surface area contributed by atoms with Crippen molar-refractivity contribution in [1.29, 1.82) is 0 Å². The number of benzene rings is 1. The Kier molecular flexibility index (Phi) is 11.4. The van der Waals surface area contributed by atoms with E-state index in [-0.39, 0.29) is 19.1 Å².